The van der Waals surface area contributed by atoms with Crippen molar-refractivity contribution in [1.82, 2.24) is 20.2 Å². The highest BCUT2D eigenvalue weighted by molar-refractivity contribution is 14.1. The minimum absolute atomic E-state index is 0.308. The summed E-state index contributed by atoms with van der Waals surface area (Å²) in [6, 6.07) is 9.37. The lowest BCUT2D eigenvalue weighted by atomic mass is 10.0. The van der Waals surface area contributed by atoms with Gasteiger partial charge in [-0.25, -0.2) is 13.8 Å². The molecule has 1 aliphatic heterocycles. The molecule has 1 saturated heterocycles. The molecule has 2 aromatic heterocycles. The van der Waals surface area contributed by atoms with Crippen LogP contribution in [0.15, 0.2) is 36.5 Å². The third-order valence-electron chi connectivity index (χ3n) is 5.83. The highest BCUT2D eigenvalue weighted by Gasteiger charge is 2.20. The number of hydrogen-bond donors (Lipinski definition) is 1. The Labute approximate surface area is 194 Å². The number of likely N-dealkylation sites (tertiary alicyclic amines) is 1. The van der Waals surface area contributed by atoms with Crippen LogP contribution < -0.4 is 10.1 Å². The van der Waals surface area contributed by atoms with Gasteiger partial charge in [-0.3, -0.25) is 4.98 Å². The Balaban J connectivity index is 1.28. The van der Waals surface area contributed by atoms with Crippen LogP contribution in [0.2, 0.25) is 0 Å². The maximum atomic E-state index is 14.1. The first-order chi connectivity index (χ1) is 15.0. The van der Waals surface area contributed by atoms with Gasteiger partial charge in [0, 0.05) is 37.0 Å². The number of halogens is 3. The van der Waals surface area contributed by atoms with E-state index in [1.807, 2.05) is 24.4 Å². The van der Waals surface area contributed by atoms with Gasteiger partial charge >= 0.3 is 0 Å². The van der Waals surface area contributed by atoms with Crippen molar-refractivity contribution in [2.45, 2.75) is 31.8 Å². The Morgan fingerprint density at radius 3 is 2.68 bits per heavy atom. The molecule has 0 aliphatic carbocycles. The first-order valence-electron chi connectivity index (χ1n) is 10.4. The molecule has 1 N–H and O–H groups in total. The minimum Gasteiger partial charge on any atom is -0.481 e. The predicted molar refractivity (Wildman–Crippen MR) is 125 cm³/mol. The maximum absolute atomic E-state index is 14.1. The van der Waals surface area contributed by atoms with E-state index >= 15 is 0 Å². The highest BCUT2D eigenvalue weighted by atomic mass is 127. The number of ether oxygens (including phenoxy) is 1. The van der Waals surface area contributed by atoms with Gasteiger partial charge in [0.1, 0.15) is 0 Å². The second kappa shape index (κ2) is 10.1. The van der Waals surface area contributed by atoms with E-state index in [2.05, 4.69) is 20.2 Å². The fourth-order valence-corrected chi connectivity index (χ4v) is 4.39. The zero-order valence-corrected chi connectivity index (χ0v) is 19.5. The molecule has 0 unspecified atom stereocenters. The maximum Gasteiger partial charge on any atom is 0.213 e. The molecule has 1 fully saturated rings. The van der Waals surface area contributed by atoms with Gasteiger partial charge in [-0.15, -0.1) is 0 Å². The minimum atomic E-state index is -0.759. The van der Waals surface area contributed by atoms with E-state index in [4.69, 9.17) is 4.74 Å². The number of benzene rings is 1. The summed E-state index contributed by atoms with van der Waals surface area (Å²) >= 11 is 1.81. The van der Waals surface area contributed by atoms with Crippen LogP contribution in [0.3, 0.4) is 0 Å². The van der Waals surface area contributed by atoms with Crippen molar-refractivity contribution in [2.24, 2.45) is 0 Å². The Morgan fingerprint density at radius 1 is 1.10 bits per heavy atom. The van der Waals surface area contributed by atoms with Crippen molar-refractivity contribution in [1.29, 1.82) is 0 Å². The average molecular weight is 538 g/mol. The van der Waals surface area contributed by atoms with Crippen LogP contribution in [0.4, 0.5) is 8.78 Å². The van der Waals surface area contributed by atoms with E-state index in [1.54, 1.807) is 41.8 Å². The van der Waals surface area contributed by atoms with Crippen LogP contribution in [-0.2, 0) is 13.0 Å². The number of pyridine rings is 2. The van der Waals surface area contributed by atoms with Gasteiger partial charge in [0.25, 0.3) is 0 Å². The Kier molecular flexibility index (Phi) is 7.29. The van der Waals surface area contributed by atoms with E-state index in [9.17, 15) is 8.78 Å². The van der Waals surface area contributed by atoms with E-state index in [-0.39, 0.29) is 0 Å². The summed E-state index contributed by atoms with van der Waals surface area (Å²) < 4.78 is 33.4. The molecule has 5 nitrogen and oxygen atoms in total. The Hall–Kier alpha value is -1.91. The smallest absolute Gasteiger partial charge is 0.213 e. The summed E-state index contributed by atoms with van der Waals surface area (Å²) in [6.07, 6.45) is 4.69. The summed E-state index contributed by atoms with van der Waals surface area (Å²) in [5.41, 5.74) is 3.32. The second-order valence-corrected chi connectivity index (χ2v) is 8.93. The molecule has 1 aromatic carbocycles. The van der Waals surface area contributed by atoms with Crippen molar-refractivity contribution in [3.8, 4) is 5.88 Å². The molecule has 31 heavy (non-hydrogen) atoms. The number of hydrogen-bond acceptors (Lipinski definition) is 5. The number of nitrogens with one attached hydrogen (secondary N) is 1. The molecule has 0 radical (unpaired) electrons. The van der Waals surface area contributed by atoms with Crippen LogP contribution in [0.1, 0.15) is 24.0 Å². The zero-order valence-electron chi connectivity index (χ0n) is 17.4. The number of aromatic nitrogens is 2. The zero-order chi connectivity index (χ0) is 21.8. The first kappa shape index (κ1) is 22.3. The van der Waals surface area contributed by atoms with Gasteiger partial charge in [-0.1, -0.05) is 6.07 Å². The highest BCUT2D eigenvalue weighted by Crippen LogP contribution is 2.21. The van der Waals surface area contributed by atoms with Gasteiger partial charge in [0.15, 0.2) is 11.6 Å². The van der Waals surface area contributed by atoms with E-state index < -0.39 is 11.6 Å². The molecule has 4 rings (SSSR count). The lowest BCUT2D eigenvalue weighted by molar-refractivity contribution is 0.199. The largest absolute Gasteiger partial charge is 0.481 e. The molecule has 1 aliphatic rings. The monoisotopic (exact) mass is 538 g/mol. The molecule has 0 bridgehead atoms. The summed E-state index contributed by atoms with van der Waals surface area (Å²) in [6.45, 7) is 3.24. The second-order valence-electron chi connectivity index (χ2n) is 7.77. The standard InChI is InChI=1S/C23H25F2IN4O/c1-31-20-5-4-19-23(29-20)15(6-10-27-19)7-11-30-12-8-17(9-13-30)28-14-16-2-3-18(26)22(25)21(16)24/h2-6,10,17,28H,7-9,11-14H2,1H3. The number of nitrogens with zero attached hydrogens (tertiary/aromatic N) is 3. The molecule has 0 amide bonds. The predicted octanol–water partition coefficient (Wildman–Crippen LogP) is 4.32. The van der Waals surface area contributed by atoms with E-state index in [0.717, 1.165) is 49.9 Å². The van der Waals surface area contributed by atoms with Crippen LogP contribution in [0, 0.1) is 15.2 Å². The molecule has 0 atom stereocenters. The van der Waals surface area contributed by atoms with Crippen molar-refractivity contribution < 1.29 is 13.5 Å². The third kappa shape index (κ3) is 5.30. The van der Waals surface area contributed by atoms with Gasteiger partial charge in [0.2, 0.25) is 5.88 Å². The molecule has 0 saturated carbocycles. The van der Waals surface area contributed by atoms with E-state index in [1.165, 1.54) is 5.56 Å². The molecule has 3 heterocycles. The number of methoxy groups -OCH3 is 1. The van der Waals surface area contributed by atoms with Crippen molar-refractivity contribution in [3.05, 3.63) is 62.9 Å². The summed E-state index contributed by atoms with van der Waals surface area (Å²) in [5.74, 6) is -0.907. The van der Waals surface area contributed by atoms with Crippen molar-refractivity contribution in [2.75, 3.05) is 26.7 Å². The van der Waals surface area contributed by atoms with Crippen molar-refractivity contribution in [3.63, 3.8) is 0 Å². The quantitative estimate of drug-likeness (QED) is 0.359. The molecule has 8 heteroatoms. The van der Waals surface area contributed by atoms with Crippen LogP contribution in [-0.4, -0.2) is 47.7 Å². The Morgan fingerprint density at radius 2 is 1.90 bits per heavy atom. The fourth-order valence-electron chi connectivity index (χ4n) is 3.97. The van der Waals surface area contributed by atoms with Crippen LogP contribution >= 0.6 is 22.6 Å². The Bertz CT molecular complexity index is 1060. The van der Waals surface area contributed by atoms with Crippen LogP contribution in [0.5, 0.6) is 5.88 Å². The summed E-state index contributed by atoms with van der Waals surface area (Å²) in [4.78, 5) is 11.4. The fraction of sp³-hybridized carbons (Fsp3) is 0.391. The van der Waals surface area contributed by atoms with Gasteiger partial charge in [-0.2, -0.15) is 0 Å². The average Bonchev–Trinajstić information content (AvgIpc) is 2.81. The van der Waals surface area contributed by atoms with Gasteiger partial charge in [-0.05, 0) is 78.7 Å². The summed E-state index contributed by atoms with van der Waals surface area (Å²) in [7, 11) is 1.62. The van der Waals surface area contributed by atoms with Crippen molar-refractivity contribution >= 4 is 33.6 Å². The molecular formula is C23H25F2IN4O. The lowest BCUT2D eigenvalue weighted by Crippen LogP contribution is -2.43. The molecular weight excluding hydrogens is 513 g/mol. The number of fused-ring (bicyclic) bond motifs is 1. The van der Waals surface area contributed by atoms with Gasteiger partial charge < -0.3 is 15.0 Å². The molecule has 0 spiro atoms. The molecule has 3 aromatic rings. The number of rotatable bonds is 7. The van der Waals surface area contributed by atoms with E-state index in [0.29, 0.717) is 27.6 Å². The molecule has 164 valence electrons. The topological polar surface area (TPSA) is 50.3 Å². The third-order valence-corrected chi connectivity index (χ3v) is 6.67. The van der Waals surface area contributed by atoms with Gasteiger partial charge in [0.05, 0.1) is 21.7 Å². The first-order valence-corrected chi connectivity index (χ1v) is 11.5. The summed E-state index contributed by atoms with van der Waals surface area (Å²) in [5, 5.41) is 3.39. The SMILES string of the molecule is COc1ccc2nccc(CCN3CCC(NCc4ccc(I)c(F)c4F)CC3)c2n1. The van der Waals surface area contributed by atoms with Crippen LogP contribution in [0.25, 0.3) is 11.0 Å². The normalized spacial score (nSPS) is 15.5. The number of piperidine rings is 1. The lowest BCUT2D eigenvalue weighted by Gasteiger charge is -2.32.